The first-order valence-corrected chi connectivity index (χ1v) is 8.64. The van der Waals surface area contributed by atoms with Crippen molar-refractivity contribution >= 4 is 21.8 Å². The summed E-state index contributed by atoms with van der Waals surface area (Å²) in [7, 11) is 1.61. The molecule has 1 aromatic heterocycles. The summed E-state index contributed by atoms with van der Waals surface area (Å²) in [6.07, 6.45) is 0. The maximum absolute atomic E-state index is 11.9. The van der Waals surface area contributed by atoms with Gasteiger partial charge in [-0.3, -0.25) is 9.89 Å². The average molecular weight is 417 g/mol. The molecule has 3 rings (SSSR count). The largest absolute Gasteiger partial charge is 0.497 e. The lowest BCUT2D eigenvalue weighted by atomic mass is 10.2. The summed E-state index contributed by atoms with van der Waals surface area (Å²) >= 11 is 3.34. The highest BCUT2D eigenvalue weighted by Gasteiger charge is 2.08. The molecule has 0 bridgehead atoms. The second-order valence-electron chi connectivity index (χ2n) is 5.35. The van der Waals surface area contributed by atoms with Crippen LogP contribution < -0.4 is 14.8 Å². The van der Waals surface area contributed by atoms with Crippen LogP contribution in [0.2, 0.25) is 0 Å². The Balaban J connectivity index is 1.49. The van der Waals surface area contributed by atoms with Crippen molar-refractivity contribution in [3.63, 3.8) is 0 Å². The van der Waals surface area contributed by atoms with Gasteiger partial charge in [-0.1, -0.05) is 15.9 Å². The number of halogens is 1. The summed E-state index contributed by atoms with van der Waals surface area (Å²) in [5.74, 6) is 2.28. The zero-order valence-electron chi connectivity index (χ0n) is 14.0. The van der Waals surface area contributed by atoms with Crippen LogP contribution in [0.15, 0.2) is 53.0 Å². The number of aromatic nitrogens is 3. The minimum Gasteiger partial charge on any atom is -0.497 e. The van der Waals surface area contributed by atoms with Crippen molar-refractivity contribution in [2.45, 2.75) is 6.54 Å². The maximum Gasteiger partial charge on any atom is 0.258 e. The Hall–Kier alpha value is -2.87. The summed E-state index contributed by atoms with van der Waals surface area (Å²) in [6, 6.07) is 14.7. The Morgan fingerprint density at radius 2 is 1.81 bits per heavy atom. The maximum atomic E-state index is 11.9. The SMILES string of the molecule is COc1ccc(-c2n[nH]c(CNC(=O)COc3ccc(Br)cc3)n2)cc1. The molecule has 7 nitrogen and oxygen atoms in total. The van der Waals surface area contributed by atoms with Crippen LogP contribution in [0.5, 0.6) is 11.5 Å². The first kappa shape index (κ1) is 17.9. The monoisotopic (exact) mass is 416 g/mol. The number of benzene rings is 2. The standard InChI is InChI=1S/C18H17BrN4O3/c1-25-14-6-2-12(3-7-14)18-21-16(22-23-18)10-20-17(24)11-26-15-8-4-13(19)5-9-15/h2-9H,10-11H2,1H3,(H,20,24)(H,21,22,23). The van der Waals surface area contributed by atoms with Crippen LogP contribution in [-0.4, -0.2) is 34.8 Å². The Morgan fingerprint density at radius 3 is 2.50 bits per heavy atom. The fraction of sp³-hybridized carbons (Fsp3) is 0.167. The predicted octanol–water partition coefficient (Wildman–Crippen LogP) is 2.94. The molecule has 26 heavy (non-hydrogen) atoms. The number of methoxy groups -OCH3 is 1. The van der Waals surface area contributed by atoms with E-state index in [4.69, 9.17) is 9.47 Å². The fourth-order valence-corrected chi connectivity index (χ4v) is 2.42. The average Bonchev–Trinajstić information content (AvgIpc) is 3.15. The van der Waals surface area contributed by atoms with E-state index in [-0.39, 0.29) is 19.1 Å². The van der Waals surface area contributed by atoms with Gasteiger partial charge in [0.15, 0.2) is 12.4 Å². The minimum atomic E-state index is -0.240. The molecule has 0 aliphatic heterocycles. The fourth-order valence-electron chi connectivity index (χ4n) is 2.16. The first-order chi connectivity index (χ1) is 12.6. The van der Waals surface area contributed by atoms with Crippen molar-refractivity contribution in [2.75, 3.05) is 13.7 Å². The molecule has 0 aliphatic carbocycles. The Kier molecular flexibility index (Phi) is 5.85. The summed E-state index contributed by atoms with van der Waals surface area (Å²) in [6.45, 7) is 0.173. The van der Waals surface area contributed by atoms with Crippen LogP contribution in [-0.2, 0) is 11.3 Å². The van der Waals surface area contributed by atoms with Crippen molar-refractivity contribution < 1.29 is 14.3 Å². The van der Waals surface area contributed by atoms with Gasteiger partial charge in [-0.15, -0.1) is 0 Å². The van der Waals surface area contributed by atoms with E-state index in [0.29, 0.717) is 17.4 Å². The number of aromatic amines is 1. The lowest BCUT2D eigenvalue weighted by Gasteiger charge is -2.06. The molecule has 0 unspecified atom stereocenters. The molecular weight excluding hydrogens is 400 g/mol. The third kappa shape index (κ3) is 4.82. The molecule has 1 heterocycles. The lowest BCUT2D eigenvalue weighted by Crippen LogP contribution is -2.28. The van der Waals surface area contributed by atoms with Gasteiger partial charge in [-0.05, 0) is 48.5 Å². The zero-order valence-corrected chi connectivity index (χ0v) is 15.6. The van der Waals surface area contributed by atoms with Crippen LogP contribution in [0.3, 0.4) is 0 Å². The molecule has 2 aromatic carbocycles. The van der Waals surface area contributed by atoms with E-state index < -0.39 is 0 Å². The van der Waals surface area contributed by atoms with Crippen molar-refractivity contribution in [1.29, 1.82) is 0 Å². The molecule has 134 valence electrons. The van der Waals surface area contributed by atoms with Crippen molar-refractivity contribution in [1.82, 2.24) is 20.5 Å². The highest BCUT2D eigenvalue weighted by Crippen LogP contribution is 2.19. The normalized spacial score (nSPS) is 10.4. The van der Waals surface area contributed by atoms with Gasteiger partial charge in [0.1, 0.15) is 17.3 Å². The molecule has 2 N–H and O–H groups in total. The first-order valence-electron chi connectivity index (χ1n) is 7.85. The topological polar surface area (TPSA) is 89.1 Å². The van der Waals surface area contributed by atoms with Crippen LogP contribution in [0.1, 0.15) is 5.82 Å². The molecule has 1 amide bonds. The van der Waals surface area contributed by atoms with Crippen molar-refractivity contribution in [3.8, 4) is 22.9 Å². The number of amides is 1. The third-order valence-electron chi connectivity index (χ3n) is 3.52. The molecule has 0 fully saturated rings. The molecule has 3 aromatic rings. The number of carbonyl (C=O) groups is 1. The number of hydrogen-bond donors (Lipinski definition) is 2. The lowest BCUT2D eigenvalue weighted by molar-refractivity contribution is -0.123. The summed E-state index contributed by atoms with van der Waals surface area (Å²) in [4.78, 5) is 16.3. The number of nitrogens with one attached hydrogen (secondary N) is 2. The van der Waals surface area contributed by atoms with E-state index in [1.807, 2.05) is 36.4 Å². The smallest absolute Gasteiger partial charge is 0.258 e. The summed E-state index contributed by atoms with van der Waals surface area (Å²) in [5.41, 5.74) is 0.859. The van der Waals surface area contributed by atoms with Gasteiger partial charge in [0.2, 0.25) is 0 Å². The molecule has 0 radical (unpaired) electrons. The second-order valence-corrected chi connectivity index (χ2v) is 6.27. The van der Waals surface area contributed by atoms with E-state index in [2.05, 4.69) is 36.4 Å². The molecule has 0 aliphatic rings. The van der Waals surface area contributed by atoms with Gasteiger partial charge in [0.05, 0.1) is 13.7 Å². The minimum absolute atomic E-state index is 0.0683. The van der Waals surface area contributed by atoms with Gasteiger partial charge in [0, 0.05) is 10.0 Å². The molecular formula is C18H17BrN4O3. The van der Waals surface area contributed by atoms with E-state index in [1.54, 1.807) is 19.2 Å². The van der Waals surface area contributed by atoms with Gasteiger partial charge in [-0.25, -0.2) is 4.98 Å². The van der Waals surface area contributed by atoms with E-state index in [1.165, 1.54) is 0 Å². The van der Waals surface area contributed by atoms with Crippen molar-refractivity contribution in [2.24, 2.45) is 0 Å². The second kappa shape index (κ2) is 8.48. The molecule has 0 saturated heterocycles. The van der Waals surface area contributed by atoms with Crippen LogP contribution in [0, 0.1) is 0 Å². The van der Waals surface area contributed by atoms with Crippen LogP contribution >= 0.6 is 15.9 Å². The Bertz CT molecular complexity index is 863. The number of nitrogens with zero attached hydrogens (tertiary/aromatic N) is 2. The number of ether oxygens (including phenoxy) is 2. The molecule has 0 atom stereocenters. The van der Waals surface area contributed by atoms with Gasteiger partial charge in [-0.2, -0.15) is 5.10 Å². The van der Waals surface area contributed by atoms with Crippen molar-refractivity contribution in [3.05, 3.63) is 58.8 Å². The number of carbonyl (C=O) groups excluding carboxylic acids is 1. The van der Waals surface area contributed by atoms with Crippen LogP contribution in [0.25, 0.3) is 11.4 Å². The molecule has 0 spiro atoms. The van der Waals surface area contributed by atoms with E-state index >= 15 is 0 Å². The number of hydrogen-bond acceptors (Lipinski definition) is 5. The number of rotatable bonds is 7. The highest BCUT2D eigenvalue weighted by atomic mass is 79.9. The summed E-state index contributed by atoms with van der Waals surface area (Å²) < 4.78 is 11.5. The van der Waals surface area contributed by atoms with Gasteiger partial charge < -0.3 is 14.8 Å². The Labute approximate surface area is 158 Å². The zero-order chi connectivity index (χ0) is 18.4. The quantitative estimate of drug-likeness (QED) is 0.617. The summed E-state index contributed by atoms with van der Waals surface area (Å²) in [5, 5.41) is 9.71. The third-order valence-corrected chi connectivity index (χ3v) is 4.05. The predicted molar refractivity (Wildman–Crippen MR) is 99.9 cm³/mol. The van der Waals surface area contributed by atoms with E-state index in [9.17, 15) is 4.79 Å². The highest BCUT2D eigenvalue weighted by molar-refractivity contribution is 9.10. The van der Waals surface area contributed by atoms with Gasteiger partial charge in [0.25, 0.3) is 5.91 Å². The van der Waals surface area contributed by atoms with Crippen LogP contribution in [0.4, 0.5) is 0 Å². The number of H-pyrrole nitrogens is 1. The molecule has 8 heteroatoms. The van der Waals surface area contributed by atoms with E-state index in [0.717, 1.165) is 15.8 Å². The molecule has 0 saturated carbocycles. The Morgan fingerprint density at radius 1 is 1.12 bits per heavy atom. The van der Waals surface area contributed by atoms with Gasteiger partial charge >= 0.3 is 0 Å².